The molecule has 2 fully saturated rings. The zero-order chi connectivity index (χ0) is 24.9. The summed E-state index contributed by atoms with van der Waals surface area (Å²) in [5.74, 6) is -0.692. The van der Waals surface area contributed by atoms with Crippen molar-refractivity contribution in [2.24, 2.45) is 0 Å². The lowest BCUT2D eigenvalue weighted by atomic mass is 9.95. The van der Waals surface area contributed by atoms with Crippen molar-refractivity contribution in [3.05, 3.63) is 69.2 Å². The Kier molecular flexibility index (Phi) is 8.26. The maximum absolute atomic E-state index is 13.2. The van der Waals surface area contributed by atoms with Crippen molar-refractivity contribution >= 4 is 33.4 Å². The van der Waals surface area contributed by atoms with E-state index in [1.807, 2.05) is 38.1 Å². The van der Waals surface area contributed by atoms with E-state index in [0.29, 0.717) is 38.5 Å². The van der Waals surface area contributed by atoms with Gasteiger partial charge in [-0.3, -0.25) is 14.5 Å². The van der Waals surface area contributed by atoms with Gasteiger partial charge in [-0.15, -0.1) is 0 Å². The quantitative estimate of drug-likeness (QED) is 0.304. The molecular weight excluding hydrogens is 512 g/mol. The molecule has 4 rings (SSSR count). The summed E-state index contributed by atoms with van der Waals surface area (Å²) in [5, 5.41) is 11.3. The van der Waals surface area contributed by atoms with Gasteiger partial charge in [0, 0.05) is 36.2 Å². The number of aliphatic hydroxyl groups is 1. The minimum atomic E-state index is -0.666. The molecule has 186 valence electrons. The van der Waals surface area contributed by atoms with Gasteiger partial charge in [0.05, 0.1) is 31.4 Å². The van der Waals surface area contributed by atoms with Crippen LogP contribution in [0.5, 0.6) is 5.75 Å². The summed E-state index contributed by atoms with van der Waals surface area (Å²) in [5.41, 5.74) is 2.22. The molecule has 35 heavy (non-hydrogen) atoms. The number of ketones is 1. The SMILES string of the molecule is CCCOc1ccc(/C(O)=C2/C(=O)C(=O)N(CCN3CCOCC3)C2c2ccc(Br)cc2)cc1C. The summed E-state index contributed by atoms with van der Waals surface area (Å²) in [6.45, 7) is 8.45. The molecular formula is C27H31BrN2O5. The Bertz CT molecular complexity index is 1110. The van der Waals surface area contributed by atoms with Crippen LogP contribution in [0.1, 0.15) is 36.1 Å². The average Bonchev–Trinajstić information content (AvgIpc) is 3.12. The monoisotopic (exact) mass is 542 g/mol. The van der Waals surface area contributed by atoms with Crippen molar-refractivity contribution < 1.29 is 24.2 Å². The first kappa shape index (κ1) is 25.4. The Morgan fingerprint density at radius 3 is 2.49 bits per heavy atom. The number of morpholine rings is 1. The van der Waals surface area contributed by atoms with E-state index < -0.39 is 17.7 Å². The molecule has 0 aromatic heterocycles. The van der Waals surface area contributed by atoms with Crippen LogP contribution in [-0.2, 0) is 14.3 Å². The maximum atomic E-state index is 13.2. The number of hydrogen-bond acceptors (Lipinski definition) is 6. The minimum Gasteiger partial charge on any atom is -0.507 e. The van der Waals surface area contributed by atoms with Crippen molar-refractivity contribution in [3.8, 4) is 5.75 Å². The van der Waals surface area contributed by atoms with Crippen LogP contribution in [0.4, 0.5) is 0 Å². The Labute approximate surface area is 214 Å². The normalized spacial score (nSPS) is 20.4. The number of nitrogens with zero attached hydrogens (tertiary/aromatic N) is 2. The molecule has 2 heterocycles. The fraction of sp³-hybridized carbons (Fsp3) is 0.407. The van der Waals surface area contributed by atoms with Crippen molar-refractivity contribution in [2.75, 3.05) is 46.0 Å². The molecule has 2 aromatic rings. The number of carbonyl (C=O) groups is 2. The first-order chi connectivity index (χ1) is 16.9. The number of ether oxygens (including phenoxy) is 2. The Morgan fingerprint density at radius 2 is 1.83 bits per heavy atom. The highest BCUT2D eigenvalue weighted by Crippen LogP contribution is 2.40. The van der Waals surface area contributed by atoms with Crippen molar-refractivity contribution in [2.45, 2.75) is 26.3 Å². The molecule has 8 heteroatoms. The number of Topliss-reactive ketones (excluding diaryl/α,β-unsaturated/α-hetero) is 1. The highest BCUT2D eigenvalue weighted by molar-refractivity contribution is 9.10. The van der Waals surface area contributed by atoms with Crippen LogP contribution < -0.4 is 4.74 Å². The van der Waals surface area contributed by atoms with Crippen LogP contribution >= 0.6 is 15.9 Å². The van der Waals surface area contributed by atoms with Crippen molar-refractivity contribution in [1.82, 2.24) is 9.80 Å². The molecule has 1 N–H and O–H groups in total. The Hall–Kier alpha value is -2.68. The highest BCUT2D eigenvalue weighted by Gasteiger charge is 2.46. The number of amides is 1. The van der Waals surface area contributed by atoms with Gasteiger partial charge in [0.2, 0.25) is 0 Å². The average molecular weight is 543 g/mol. The zero-order valence-electron chi connectivity index (χ0n) is 20.1. The summed E-state index contributed by atoms with van der Waals surface area (Å²) in [6.07, 6.45) is 0.891. The van der Waals surface area contributed by atoms with Crippen molar-refractivity contribution in [1.29, 1.82) is 0 Å². The van der Waals surface area contributed by atoms with E-state index >= 15 is 0 Å². The minimum absolute atomic E-state index is 0.112. The van der Waals surface area contributed by atoms with Crippen LogP contribution in [0.25, 0.3) is 5.76 Å². The molecule has 0 radical (unpaired) electrons. The van der Waals surface area contributed by atoms with Gasteiger partial charge in [0.25, 0.3) is 11.7 Å². The first-order valence-corrected chi connectivity index (χ1v) is 12.8. The first-order valence-electron chi connectivity index (χ1n) is 12.0. The Balaban J connectivity index is 1.71. The van der Waals surface area contributed by atoms with Gasteiger partial charge in [-0.05, 0) is 54.8 Å². The predicted molar refractivity (Wildman–Crippen MR) is 137 cm³/mol. The van der Waals surface area contributed by atoms with E-state index in [4.69, 9.17) is 9.47 Å². The molecule has 2 aliphatic rings. The van der Waals surface area contributed by atoms with Crippen LogP contribution in [0, 0.1) is 6.92 Å². The summed E-state index contributed by atoms with van der Waals surface area (Å²) in [6, 6.07) is 12.2. The number of likely N-dealkylation sites (tertiary alicyclic amines) is 1. The molecule has 1 amide bonds. The smallest absolute Gasteiger partial charge is 0.295 e. The summed E-state index contributed by atoms with van der Waals surface area (Å²) in [7, 11) is 0. The standard InChI is InChI=1S/C27H31BrN2O5/c1-3-14-35-22-9-6-20(17-18(22)2)25(31)23-24(19-4-7-21(28)8-5-19)30(27(33)26(23)32)11-10-29-12-15-34-16-13-29/h4-9,17,24,31H,3,10-16H2,1-2H3/b25-23-. The van der Waals surface area contributed by atoms with Crippen LogP contribution in [0.3, 0.4) is 0 Å². The van der Waals surface area contributed by atoms with Gasteiger partial charge in [0.1, 0.15) is 11.5 Å². The van der Waals surface area contributed by atoms with Gasteiger partial charge in [-0.25, -0.2) is 0 Å². The second-order valence-electron chi connectivity index (χ2n) is 8.83. The molecule has 2 saturated heterocycles. The second-order valence-corrected chi connectivity index (χ2v) is 9.74. The summed E-state index contributed by atoms with van der Waals surface area (Å²) in [4.78, 5) is 30.2. The van der Waals surface area contributed by atoms with Gasteiger partial charge in [-0.1, -0.05) is 35.0 Å². The lowest BCUT2D eigenvalue weighted by Crippen LogP contribution is -2.42. The highest BCUT2D eigenvalue weighted by atomic mass is 79.9. The van der Waals surface area contributed by atoms with E-state index in [9.17, 15) is 14.7 Å². The number of halogens is 1. The molecule has 0 spiro atoms. The molecule has 0 saturated carbocycles. The van der Waals surface area contributed by atoms with E-state index in [1.165, 1.54) is 0 Å². The molecule has 1 unspecified atom stereocenters. The zero-order valence-corrected chi connectivity index (χ0v) is 21.7. The number of carbonyl (C=O) groups excluding carboxylic acids is 2. The van der Waals surface area contributed by atoms with Crippen molar-refractivity contribution in [3.63, 3.8) is 0 Å². The largest absolute Gasteiger partial charge is 0.507 e. The third-order valence-corrected chi connectivity index (χ3v) is 6.93. The topological polar surface area (TPSA) is 79.3 Å². The number of aryl methyl sites for hydroxylation is 1. The Morgan fingerprint density at radius 1 is 1.11 bits per heavy atom. The predicted octanol–water partition coefficient (Wildman–Crippen LogP) is 4.30. The van der Waals surface area contributed by atoms with Gasteiger partial charge >= 0.3 is 0 Å². The molecule has 0 aliphatic carbocycles. The molecule has 2 aromatic carbocycles. The summed E-state index contributed by atoms with van der Waals surface area (Å²) >= 11 is 3.45. The molecule has 7 nitrogen and oxygen atoms in total. The lowest BCUT2D eigenvalue weighted by Gasteiger charge is -2.31. The van der Waals surface area contributed by atoms with Gasteiger partial charge in [0.15, 0.2) is 0 Å². The van der Waals surface area contributed by atoms with Crippen LogP contribution in [0.15, 0.2) is 52.5 Å². The third-order valence-electron chi connectivity index (χ3n) is 6.40. The third kappa shape index (κ3) is 5.60. The number of aliphatic hydroxyl groups excluding tert-OH is 1. The molecule has 1 atom stereocenters. The maximum Gasteiger partial charge on any atom is 0.295 e. The van der Waals surface area contributed by atoms with Crippen LogP contribution in [-0.4, -0.2) is 72.6 Å². The number of rotatable bonds is 8. The molecule has 0 bridgehead atoms. The van der Waals surface area contributed by atoms with Gasteiger partial charge in [-0.2, -0.15) is 0 Å². The fourth-order valence-electron chi connectivity index (χ4n) is 4.50. The summed E-state index contributed by atoms with van der Waals surface area (Å²) < 4.78 is 12.1. The van der Waals surface area contributed by atoms with E-state index in [0.717, 1.165) is 40.9 Å². The van der Waals surface area contributed by atoms with E-state index in [-0.39, 0.29) is 11.3 Å². The fourth-order valence-corrected chi connectivity index (χ4v) is 4.77. The number of benzene rings is 2. The van der Waals surface area contributed by atoms with Crippen LogP contribution in [0.2, 0.25) is 0 Å². The van der Waals surface area contributed by atoms with E-state index in [2.05, 4.69) is 20.8 Å². The number of hydrogen-bond donors (Lipinski definition) is 1. The van der Waals surface area contributed by atoms with Gasteiger partial charge < -0.3 is 19.5 Å². The molecule has 2 aliphatic heterocycles. The van der Waals surface area contributed by atoms with E-state index in [1.54, 1.807) is 23.1 Å². The second kappa shape index (κ2) is 11.4. The lowest BCUT2D eigenvalue weighted by molar-refractivity contribution is -0.140.